The Labute approximate surface area is 122 Å². The number of rotatable bonds is 4. The summed E-state index contributed by atoms with van der Waals surface area (Å²) in [5.74, 6) is 0.0546. The minimum Gasteiger partial charge on any atom is -0.393 e. The third-order valence-electron chi connectivity index (χ3n) is 3.68. The van der Waals surface area contributed by atoms with Crippen molar-refractivity contribution in [1.29, 1.82) is 0 Å². The van der Waals surface area contributed by atoms with Gasteiger partial charge in [0.25, 0.3) is 0 Å². The maximum Gasteiger partial charge on any atom is 0.152 e. The number of allylic oxidation sites excluding steroid dienone is 7. The average molecular weight is 274 g/mol. The number of aliphatic hydroxyl groups excluding tert-OH is 1. The predicted molar refractivity (Wildman–Crippen MR) is 84.4 cm³/mol. The molecule has 0 spiro atoms. The van der Waals surface area contributed by atoms with Crippen LogP contribution in [0.5, 0.6) is 0 Å². The zero-order valence-corrected chi connectivity index (χ0v) is 13.2. The second-order valence-electron chi connectivity index (χ2n) is 6.35. The Hall–Kier alpha value is -1.41. The van der Waals surface area contributed by atoms with E-state index in [-0.39, 0.29) is 17.3 Å². The fraction of sp³-hybridized carbons (Fsp3) is 0.500. The maximum absolute atomic E-state index is 10.8. The first-order valence-electron chi connectivity index (χ1n) is 7.14. The third kappa shape index (κ3) is 4.93. The van der Waals surface area contributed by atoms with Gasteiger partial charge in [0.05, 0.1) is 6.10 Å². The number of carbonyl (C=O) groups excluding carboxylic acids is 1. The van der Waals surface area contributed by atoms with E-state index in [1.54, 1.807) is 19.1 Å². The van der Waals surface area contributed by atoms with Crippen LogP contribution in [-0.4, -0.2) is 17.0 Å². The van der Waals surface area contributed by atoms with E-state index >= 15 is 0 Å². The van der Waals surface area contributed by atoms with Gasteiger partial charge < -0.3 is 5.11 Å². The summed E-state index contributed by atoms with van der Waals surface area (Å²) in [4.78, 5) is 10.8. The van der Waals surface area contributed by atoms with Gasteiger partial charge in [-0.25, -0.2) is 0 Å². The van der Waals surface area contributed by atoms with Crippen LogP contribution in [0.4, 0.5) is 0 Å². The Morgan fingerprint density at radius 3 is 2.50 bits per heavy atom. The monoisotopic (exact) mass is 274 g/mol. The van der Waals surface area contributed by atoms with Gasteiger partial charge >= 0.3 is 0 Å². The summed E-state index contributed by atoms with van der Waals surface area (Å²) in [6, 6.07) is 0. The molecule has 20 heavy (non-hydrogen) atoms. The summed E-state index contributed by atoms with van der Waals surface area (Å²) in [5, 5.41) is 9.87. The Morgan fingerprint density at radius 2 is 1.95 bits per heavy atom. The van der Waals surface area contributed by atoms with Gasteiger partial charge in [-0.2, -0.15) is 0 Å². The minimum absolute atomic E-state index is 0.00769. The van der Waals surface area contributed by atoms with Gasteiger partial charge in [0.1, 0.15) is 0 Å². The first-order chi connectivity index (χ1) is 9.22. The Balaban J connectivity index is 2.88. The largest absolute Gasteiger partial charge is 0.393 e. The second-order valence-corrected chi connectivity index (χ2v) is 6.35. The minimum atomic E-state index is -0.225. The van der Waals surface area contributed by atoms with Crippen LogP contribution in [0.15, 0.2) is 47.1 Å². The van der Waals surface area contributed by atoms with Crippen molar-refractivity contribution in [2.45, 2.75) is 53.6 Å². The molecular formula is C18H26O2. The van der Waals surface area contributed by atoms with Gasteiger partial charge in [-0.1, -0.05) is 49.3 Å². The van der Waals surface area contributed by atoms with Crippen molar-refractivity contribution in [3.63, 3.8) is 0 Å². The normalized spacial score (nSPS) is 23.9. The summed E-state index contributed by atoms with van der Waals surface area (Å²) in [6.07, 6.45) is 10.8. The van der Waals surface area contributed by atoms with Crippen LogP contribution < -0.4 is 0 Å². The lowest BCUT2D eigenvalue weighted by molar-refractivity contribution is -0.112. The van der Waals surface area contributed by atoms with Gasteiger partial charge in [0, 0.05) is 0 Å². The van der Waals surface area contributed by atoms with Gasteiger partial charge in [0.15, 0.2) is 5.78 Å². The fourth-order valence-corrected chi connectivity index (χ4v) is 2.79. The number of ketones is 1. The molecule has 0 bridgehead atoms. The van der Waals surface area contributed by atoms with Crippen LogP contribution in [0.25, 0.3) is 0 Å². The van der Waals surface area contributed by atoms with Crippen LogP contribution in [0.3, 0.4) is 0 Å². The number of carbonyl (C=O) groups is 1. The summed E-state index contributed by atoms with van der Waals surface area (Å²) in [6.45, 7) is 10.0. The van der Waals surface area contributed by atoms with Gasteiger partial charge in [-0.15, -0.1) is 0 Å². The maximum atomic E-state index is 10.8. The molecule has 0 heterocycles. The number of hydrogen-bond acceptors (Lipinski definition) is 2. The molecule has 0 amide bonds. The molecule has 1 aliphatic carbocycles. The summed E-state index contributed by atoms with van der Waals surface area (Å²) in [5.41, 5.74) is 3.68. The molecule has 1 rings (SSSR count). The van der Waals surface area contributed by atoms with Crippen molar-refractivity contribution in [3.05, 3.63) is 47.1 Å². The molecule has 0 saturated heterocycles. The van der Waals surface area contributed by atoms with E-state index in [2.05, 4.69) is 32.9 Å². The van der Waals surface area contributed by atoms with E-state index < -0.39 is 0 Å². The molecule has 0 aliphatic heterocycles. The van der Waals surface area contributed by atoms with E-state index in [4.69, 9.17) is 0 Å². The first kappa shape index (κ1) is 16.6. The Morgan fingerprint density at radius 1 is 1.30 bits per heavy atom. The SMILES string of the molecule is CC(=O)C=CC=C(C)C=CC1=C(C)C[C@@H](O)CC1(C)C. The van der Waals surface area contributed by atoms with Crippen molar-refractivity contribution in [3.8, 4) is 0 Å². The first-order valence-corrected chi connectivity index (χ1v) is 7.14. The molecule has 0 unspecified atom stereocenters. The van der Waals surface area contributed by atoms with Crippen molar-refractivity contribution >= 4 is 5.78 Å². The molecule has 0 saturated carbocycles. The summed E-state index contributed by atoms with van der Waals surface area (Å²) in [7, 11) is 0. The number of aliphatic hydroxyl groups is 1. The number of hydrogen-bond donors (Lipinski definition) is 1. The highest BCUT2D eigenvalue weighted by molar-refractivity contribution is 5.87. The van der Waals surface area contributed by atoms with Crippen LogP contribution >= 0.6 is 0 Å². The van der Waals surface area contributed by atoms with Crippen molar-refractivity contribution < 1.29 is 9.90 Å². The summed E-state index contributed by atoms with van der Waals surface area (Å²) < 4.78 is 0. The highest BCUT2D eigenvalue weighted by Crippen LogP contribution is 2.40. The van der Waals surface area contributed by atoms with Crippen LogP contribution in [0, 0.1) is 5.41 Å². The lowest BCUT2D eigenvalue weighted by Crippen LogP contribution is -2.28. The zero-order valence-electron chi connectivity index (χ0n) is 13.2. The van der Waals surface area contributed by atoms with Crippen LogP contribution in [0.2, 0.25) is 0 Å². The van der Waals surface area contributed by atoms with E-state index in [0.717, 1.165) is 18.4 Å². The Kier molecular flexibility index (Phi) is 5.70. The quantitative estimate of drug-likeness (QED) is 0.618. The van der Waals surface area contributed by atoms with E-state index in [0.29, 0.717) is 0 Å². The van der Waals surface area contributed by atoms with E-state index in [9.17, 15) is 9.90 Å². The highest BCUT2D eigenvalue weighted by atomic mass is 16.3. The molecule has 0 fully saturated rings. The lowest BCUT2D eigenvalue weighted by Gasteiger charge is -2.35. The van der Waals surface area contributed by atoms with Crippen molar-refractivity contribution in [2.75, 3.05) is 0 Å². The predicted octanol–water partition coefficient (Wildman–Crippen LogP) is 4.13. The average Bonchev–Trinajstić information content (AvgIpc) is 2.25. The molecule has 110 valence electrons. The lowest BCUT2D eigenvalue weighted by atomic mass is 9.71. The van der Waals surface area contributed by atoms with Gasteiger partial charge in [-0.3, -0.25) is 4.79 Å². The van der Waals surface area contributed by atoms with Crippen molar-refractivity contribution in [2.24, 2.45) is 5.41 Å². The van der Waals surface area contributed by atoms with Gasteiger partial charge in [-0.05, 0) is 50.7 Å². The summed E-state index contributed by atoms with van der Waals surface area (Å²) >= 11 is 0. The second kappa shape index (κ2) is 6.85. The zero-order chi connectivity index (χ0) is 15.3. The third-order valence-corrected chi connectivity index (χ3v) is 3.68. The topological polar surface area (TPSA) is 37.3 Å². The van der Waals surface area contributed by atoms with Crippen molar-refractivity contribution in [1.82, 2.24) is 0 Å². The standard InChI is InChI=1S/C18H26O2/c1-13(7-6-8-15(3)19)9-10-17-14(2)11-16(20)12-18(17,4)5/h6-10,16,20H,11-12H2,1-5H3/t16-/m1/s1. The molecule has 1 aliphatic rings. The molecule has 0 aromatic carbocycles. The smallest absolute Gasteiger partial charge is 0.152 e. The molecule has 0 aromatic heterocycles. The highest BCUT2D eigenvalue weighted by Gasteiger charge is 2.31. The van der Waals surface area contributed by atoms with E-state index in [1.165, 1.54) is 11.1 Å². The molecule has 1 N–H and O–H groups in total. The van der Waals surface area contributed by atoms with Crippen LogP contribution in [0.1, 0.15) is 47.5 Å². The van der Waals surface area contributed by atoms with E-state index in [1.807, 2.05) is 13.0 Å². The Bertz CT molecular complexity index is 488. The molecule has 2 heteroatoms. The fourth-order valence-electron chi connectivity index (χ4n) is 2.79. The molecular weight excluding hydrogens is 248 g/mol. The molecule has 0 aromatic rings. The molecule has 0 radical (unpaired) electrons. The molecule has 1 atom stereocenters. The molecule has 2 nitrogen and oxygen atoms in total. The van der Waals surface area contributed by atoms with Crippen LogP contribution in [-0.2, 0) is 4.79 Å². The van der Waals surface area contributed by atoms with Gasteiger partial charge in [0.2, 0.25) is 0 Å².